The Morgan fingerprint density at radius 1 is 0.909 bits per heavy atom. The molecule has 0 radical (unpaired) electrons. The summed E-state index contributed by atoms with van der Waals surface area (Å²) in [6.07, 6.45) is 0.919. The van der Waals surface area contributed by atoms with Crippen LogP contribution in [0.25, 0.3) is 0 Å². The average Bonchev–Trinajstić information content (AvgIpc) is 3.03. The molecule has 2 amide bonds. The molecule has 2 aliphatic carbocycles. The number of benzene rings is 1. The van der Waals surface area contributed by atoms with Crippen molar-refractivity contribution in [3.63, 3.8) is 0 Å². The summed E-state index contributed by atoms with van der Waals surface area (Å²) in [5, 5.41) is 0.833. The molecule has 2 bridgehead atoms. The SMILES string of the molecule is O=C1[C@@H]2[C@H]3C[C@@H]([C@H](Br)[C@@H]3Br)[C@@H]2C(=O)N1c1cc(Cl)cc(Cl)c1. The lowest BCUT2D eigenvalue weighted by Gasteiger charge is -2.28. The lowest BCUT2D eigenvalue weighted by molar-refractivity contribution is -0.123. The second-order valence-corrected chi connectivity index (χ2v) is 9.13. The summed E-state index contributed by atoms with van der Waals surface area (Å²) in [6, 6.07) is 4.82. The zero-order valence-corrected chi connectivity index (χ0v) is 15.9. The highest BCUT2D eigenvalue weighted by atomic mass is 79.9. The van der Waals surface area contributed by atoms with Crippen molar-refractivity contribution in [2.24, 2.45) is 23.7 Å². The Morgan fingerprint density at radius 3 is 1.82 bits per heavy atom. The van der Waals surface area contributed by atoms with Crippen molar-refractivity contribution in [3.05, 3.63) is 28.2 Å². The molecule has 1 aromatic carbocycles. The third-order valence-electron chi connectivity index (χ3n) is 5.09. The molecule has 116 valence electrons. The standard InChI is InChI=1S/C15H11Br2Cl2NO2/c16-12-8-4-9(13(12)17)11-10(8)14(21)20(15(11)22)7-2-5(18)1-6(19)3-7/h1-3,8-13H,4H2/t8-,9-,10-,11+,12-,13+/m1/s1. The second kappa shape index (κ2) is 5.20. The molecule has 3 aliphatic rings. The zero-order chi connectivity index (χ0) is 15.8. The van der Waals surface area contributed by atoms with Crippen LogP contribution in [0.5, 0.6) is 0 Å². The maximum absolute atomic E-state index is 12.8. The van der Waals surface area contributed by atoms with Gasteiger partial charge in [0, 0.05) is 19.7 Å². The fourth-order valence-electron chi connectivity index (χ4n) is 4.27. The van der Waals surface area contributed by atoms with Crippen molar-refractivity contribution in [2.45, 2.75) is 16.1 Å². The Bertz CT molecular complexity index is 646. The van der Waals surface area contributed by atoms with E-state index in [2.05, 4.69) is 31.9 Å². The van der Waals surface area contributed by atoms with E-state index in [4.69, 9.17) is 23.2 Å². The van der Waals surface area contributed by atoms with Crippen molar-refractivity contribution in [1.82, 2.24) is 0 Å². The number of hydrogen-bond acceptors (Lipinski definition) is 2. The summed E-state index contributed by atoms with van der Waals surface area (Å²) in [6.45, 7) is 0. The van der Waals surface area contributed by atoms with E-state index < -0.39 is 0 Å². The van der Waals surface area contributed by atoms with Crippen LogP contribution in [-0.2, 0) is 9.59 Å². The van der Waals surface area contributed by atoms with Crippen molar-refractivity contribution in [1.29, 1.82) is 0 Å². The third kappa shape index (κ3) is 1.98. The van der Waals surface area contributed by atoms with Crippen LogP contribution in [0.3, 0.4) is 0 Å². The van der Waals surface area contributed by atoms with Crippen molar-refractivity contribution in [2.75, 3.05) is 4.90 Å². The van der Waals surface area contributed by atoms with Crippen LogP contribution in [0.2, 0.25) is 10.0 Å². The van der Waals surface area contributed by atoms with Crippen LogP contribution in [0, 0.1) is 23.7 Å². The Kier molecular flexibility index (Phi) is 3.65. The Labute approximate surface area is 154 Å². The van der Waals surface area contributed by atoms with Gasteiger partial charge in [-0.2, -0.15) is 0 Å². The Hall–Kier alpha value is -0.100. The predicted molar refractivity (Wildman–Crippen MR) is 93.0 cm³/mol. The molecular formula is C15H11Br2Cl2NO2. The van der Waals surface area contributed by atoms with Crippen LogP contribution >= 0.6 is 55.1 Å². The van der Waals surface area contributed by atoms with Crippen molar-refractivity contribution < 1.29 is 9.59 Å². The number of rotatable bonds is 1. The van der Waals surface area contributed by atoms with Crippen LogP contribution < -0.4 is 4.90 Å². The number of imide groups is 1. The van der Waals surface area contributed by atoms with Gasteiger partial charge in [0.15, 0.2) is 0 Å². The smallest absolute Gasteiger partial charge is 0.238 e. The largest absolute Gasteiger partial charge is 0.274 e. The molecule has 0 N–H and O–H groups in total. The van der Waals surface area contributed by atoms with E-state index in [0.717, 1.165) is 6.42 Å². The fraction of sp³-hybridized carbons (Fsp3) is 0.467. The van der Waals surface area contributed by atoms with E-state index in [-0.39, 0.29) is 45.1 Å². The van der Waals surface area contributed by atoms with Gasteiger partial charge in [-0.15, -0.1) is 0 Å². The molecule has 7 heteroatoms. The molecule has 1 aromatic rings. The molecule has 4 rings (SSSR count). The van der Waals surface area contributed by atoms with Crippen LogP contribution in [0.15, 0.2) is 18.2 Å². The topological polar surface area (TPSA) is 37.4 Å². The highest BCUT2D eigenvalue weighted by Crippen LogP contribution is 2.60. The highest BCUT2D eigenvalue weighted by Gasteiger charge is 2.66. The minimum atomic E-state index is -0.228. The molecule has 3 fully saturated rings. The van der Waals surface area contributed by atoms with Crippen molar-refractivity contribution in [3.8, 4) is 0 Å². The fourth-order valence-corrected chi connectivity index (χ4v) is 6.66. The molecule has 1 aliphatic heterocycles. The van der Waals surface area contributed by atoms with E-state index in [1.165, 1.54) is 4.90 Å². The normalized spacial score (nSPS) is 39.7. The average molecular weight is 468 g/mol. The molecule has 3 nitrogen and oxygen atoms in total. The molecule has 0 spiro atoms. The number of fused-ring (bicyclic) bond motifs is 5. The molecular weight excluding hydrogens is 457 g/mol. The van der Waals surface area contributed by atoms with Gasteiger partial charge in [-0.05, 0) is 36.5 Å². The van der Waals surface area contributed by atoms with Crippen LogP contribution in [0.4, 0.5) is 5.69 Å². The van der Waals surface area contributed by atoms with Gasteiger partial charge in [-0.25, -0.2) is 4.90 Å². The summed E-state index contributed by atoms with van der Waals surface area (Å²) in [4.78, 5) is 27.4. The van der Waals surface area contributed by atoms with E-state index in [0.29, 0.717) is 15.7 Å². The number of amides is 2. The van der Waals surface area contributed by atoms with Gasteiger partial charge in [0.05, 0.1) is 17.5 Å². The molecule has 1 saturated heterocycles. The minimum absolute atomic E-state index is 0.121. The van der Waals surface area contributed by atoms with E-state index >= 15 is 0 Å². The maximum Gasteiger partial charge on any atom is 0.238 e. The lowest BCUT2D eigenvalue weighted by atomic mass is 9.81. The molecule has 6 atom stereocenters. The monoisotopic (exact) mass is 465 g/mol. The molecule has 2 saturated carbocycles. The van der Waals surface area contributed by atoms with Gasteiger partial charge in [0.1, 0.15) is 0 Å². The highest BCUT2D eigenvalue weighted by molar-refractivity contribution is 9.12. The summed E-state index contributed by atoms with van der Waals surface area (Å²) < 4.78 is 0. The van der Waals surface area contributed by atoms with Gasteiger partial charge in [0.25, 0.3) is 0 Å². The summed E-state index contributed by atoms with van der Waals surface area (Å²) in [7, 11) is 0. The number of carbonyl (C=O) groups is 2. The number of carbonyl (C=O) groups excluding carboxylic acids is 2. The van der Waals surface area contributed by atoms with E-state index in [1.54, 1.807) is 18.2 Å². The van der Waals surface area contributed by atoms with Gasteiger partial charge < -0.3 is 0 Å². The van der Waals surface area contributed by atoms with E-state index in [1.807, 2.05) is 0 Å². The summed E-state index contributed by atoms with van der Waals surface area (Å²) in [5.74, 6) is -0.290. The second-order valence-electron chi connectivity index (χ2n) is 6.14. The Morgan fingerprint density at radius 2 is 1.36 bits per heavy atom. The first kappa shape index (κ1) is 15.4. The Balaban J connectivity index is 1.76. The van der Waals surface area contributed by atoms with Crippen molar-refractivity contribution >= 4 is 72.6 Å². The maximum atomic E-state index is 12.8. The number of anilines is 1. The predicted octanol–water partition coefficient (Wildman–Crippen LogP) is 4.28. The number of hydrogen-bond donors (Lipinski definition) is 0. The first-order valence-corrected chi connectivity index (χ1v) is 9.61. The third-order valence-corrected chi connectivity index (χ3v) is 8.74. The van der Waals surface area contributed by atoms with Gasteiger partial charge >= 0.3 is 0 Å². The molecule has 0 aromatic heterocycles. The van der Waals surface area contributed by atoms with Crippen LogP contribution in [-0.4, -0.2) is 21.5 Å². The summed E-state index contributed by atoms with van der Waals surface area (Å²) in [5.41, 5.74) is 0.471. The molecule has 22 heavy (non-hydrogen) atoms. The van der Waals surface area contributed by atoms with Gasteiger partial charge in [-0.1, -0.05) is 55.1 Å². The number of nitrogens with zero attached hydrogens (tertiary/aromatic N) is 1. The quantitative estimate of drug-likeness (QED) is 0.457. The van der Waals surface area contributed by atoms with Crippen LogP contribution in [0.1, 0.15) is 6.42 Å². The van der Waals surface area contributed by atoms with Gasteiger partial charge in [-0.3, -0.25) is 9.59 Å². The first-order valence-electron chi connectivity index (χ1n) is 7.02. The number of halogens is 4. The molecule has 0 unspecified atom stereocenters. The van der Waals surface area contributed by atoms with Gasteiger partial charge in [0.2, 0.25) is 11.8 Å². The summed E-state index contributed by atoms with van der Waals surface area (Å²) >= 11 is 19.4. The lowest BCUT2D eigenvalue weighted by Crippen LogP contribution is -2.37. The first-order chi connectivity index (χ1) is 10.4. The zero-order valence-electron chi connectivity index (χ0n) is 11.2. The van der Waals surface area contributed by atoms with E-state index in [9.17, 15) is 9.59 Å². The minimum Gasteiger partial charge on any atom is -0.274 e. The number of alkyl halides is 2. The molecule has 1 heterocycles.